The van der Waals surface area contributed by atoms with Crippen molar-refractivity contribution < 1.29 is 4.79 Å². The van der Waals surface area contributed by atoms with Crippen LogP contribution in [-0.2, 0) is 4.79 Å². The van der Waals surface area contributed by atoms with Crippen molar-refractivity contribution >= 4 is 5.91 Å². The summed E-state index contributed by atoms with van der Waals surface area (Å²) in [6, 6.07) is -0.0376. The minimum absolute atomic E-state index is 0.0376. The molecular formula is C11H23N3O. The summed E-state index contributed by atoms with van der Waals surface area (Å²) in [4.78, 5) is 13.8. The minimum atomic E-state index is -0.0470. The first-order valence-corrected chi connectivity index (χ1v) is 5.97. The molecule has 3 N–H and O–H groups in total. The first kappa shape index (κ1) is 12.5. The molecule has 4 heteroatoms. The van der Waals surface area contributed by atoms with Crippen LogP contribution in [-0.4, -0.2) is 29.9 Å². The highest BCUT2D eigenvalue weighted by Crippen LogP contribution is 2.21. The normalized spacial score (nSPS) is 24.9. The summed E-state index contributed by atoms with van der Waals surface area (Å²) in [7, 11) is 0. The molecule has 0 aromatic carbocycles. The molecule has 2 unspecified atom stereocenters. The zero-order valence-corrected chi connectivity index (χ0v) is 9.83. The van der Waals surface area contributed by atoms with Crippen LogP contribution in [0.25, 0.3) is 0 Å². The van der Waals surface area contributed by atoms with E-state index in [0.717, 1.165) is 25.4 Å². The largest absolute Gasteiger partial charge is 0.293 e. The molecule has 1 rings (SSSR count). The fourth-order valence-electron chi connectivity index (χ4n) is 2.42. The standard InChI is InChI=1S/C11H23N3O/c1-3-9-6-5-7-14(8-9)10(4-2)11(15)13-12/h9-10H,3-8,12H2,1-2H3,(H,13,15). The Morgan fingerprint density at radius 1 is 1.60 bits per heavy atom. The number of nitrogens with two attached hydrogens (primary N) is 1. The van der Waals surface area contributed by atoms with Gasteiger partial charge in [0.05, 0.1) is 6.04 Å². The van der Waals surface area contributed by atoms with Gasteiger partial charge in [-0.1, -0.05) is 20.3 Å². The molecule has 0 aromatic rings. The van der Waals surface area contributed by atoms with Crippen LogP contribution in [0.4, 0.5) is 0 Å². The number of hydrogen-bond donors (Lipinski definition) is 2. The van der Waals surface area contributed by atoms with E-state index in [9.17, 15) is 4.79 Å². The lowest BCUT2D eigenvalue weighted by atomic mass is 9.94. The predicted octanol–water partition coefficient (Wildman–Crippen LogP) is 0.877. The van der Waals surface area contributed by atoms with Crippen molar-refractivity contribution in [3.05, 3.63) is 0 Å². The SMILES string of the molecule is CCC1CCCN(C(CC)C(=O)NN)C1. The average Bonchev–Trinajstić information content (AvgIpc) is 2.30. The van der Waals surface area contributed by atoms with Crippen LogP contribution in [0, 0.1) is 5.92 Å². The molecule has 0 saturated carbocycles. The Bertz CT molecular complexity index is 208. The highest BCUT2D eigenvalue weighted by atomic mass is 16.2. The molecule has 1 aliphatic heterocycles. The van der Waals surface area contributed by atoms with Crippen molar-refractivity contribution in [2.75, 3.05) is 13.1 Å². The number of hydrazine groups is 1. The molecule has 1 amide bonds. The van der Waals surface area contributed by atoms with Crippen molar-refractivity contribution in [2.45, 2.75) is 45.6 Å². The van der Waals surface area contributed by atoms with Crippen molar-refractivity contribution in [3.8, 4) is 0 Å². The van der Waals surface area contributed by atoms with Gasteiger partial charge >= 0.3 is 0 Å². The lowest BCUT2D eigenvalue weighted by molar-refractivity contribution is -0.127. The van der Waals surface area contributed by atoms with Gasteiger partial charge in [-0.25, -0.2) is 5.84 Å². The zero-order chi connectivity index (χ0) is 11.3. The Morgan fingerprint density at radius 2 is 2.33 bits per heavy atom. The number of nitrogens with one attached hydrogen (secondary N) is 1. The van der Waals surface area contributed by atoms with E-state index in [-0.39, 0.29) is 11.9 Å². The molecule has 0 aliphatic carbocycles. The molecule has 1 fully saturated rings. The van der Waals surface area contributed by atoms with Gasteiger partial charge in [-0.15, -0.1) is 0 Å². The van der Waals surface area contributed by atoms with E-state index >= 15 is 0 Å². The Morgan fingerprint density at radius 3 is 2.87 bits per heavy atom. The van der Waals surface area contributed by atoms with E-state index in [1.54, 1.807) is 0 Å². The molecule has 0 aromatic heterocycles. The second kappa shape index (κ2) is 6.08. The fourth-order valence-corrected chi connectivity index (χ4v) is 2.42. The topological polar surface area (TPSA) is 58.4 Å². The molecule has 15 heavy (non-hydrogen) atoms. The highest BCUT2D eigenvalue weighted by molar-refractivity contribution is 5.81. The van der Waals surface area contributed by atoms with Gasteiger partial charge in [0.15, 0.2) is 0 Å². The maximum absolute atomic E-state index is 11.6. The van der Waals surface area contributed by atoms with Crippen molar-refractivity contribution in [1.29, 1.82) is 0 Å². The average molecular weight is 213 g/mol. The second-order valence-corrected chi connectivity index (χ2v) is 4.34. The van der Waals surface area contributed by atoms with Crippen LogP contribution in [0.15, 0.2) is 0 Å². The predicted molar refractivity (Wildman–Crippen MR) is 61.0 cm³/mol. The van der Waals surface area contributed by atoms with E-state index in [1.165, 1.54) is 19.3 Å². The lowest BCUT2D eigenvalue weighted by Crippen LogP contribution is -2.51. The molecule has 88 valence electrons. The summed E-state index contributed by atoms with van der Waals surface area (Å²) in [5.74, 6) is 5.90. The maximum atomic E-state index is 11.6. The third kappa shape index (κ3) is 3.18. The molecule has 0 bridgehead atoms. The number of piperidine rings is 1. The zero-order valence-electron chi connectivity index (χ0n) is 9.83. The van der Waals surface area contributed by atoms with Gasteiger partial charge in [-0.3, -0.25) is 15.1 Å². The molecule has 1 aliphatic rings. The van der Waals surface area contributed by atoms with Crippen LogP contribution >= 0.6 is 0 Å². The van der Waals surface area contributed by atoms with Gasteiger partial charge < -0.3 is 0 Å². The van der Waals surface area contributed by atoms with E-state index in [1.807, 2.05) is 6.92 Å². The van der Waals surface area contributed by atoms with E-state index in [2.05, 4.69) is 17.2 Å². The third-order valence-corrected chi connectivity index (χ3v) is 3.40. The first-order chi connectivity index (χ1) is 7.22. The van der Waals surface area contributed by atoms with Gasteiger partial charge in [0, 0.05) is 6.54 Å². The van der Waals surface area contributed by atoms with Crippen LogP contribution < -0.4 is 11.3 Å². The monoisotopic (exact) mass is 213 g/mol. The quantitative estimate of drug-likeness (QED) is 0.414. The second-order valence-electron chi connectivity index (χ2n) is 4.34. The number of amides is 1. The summed E-state index contributed by atoms with van der Waals surface area (Å²) in [5.41, 5.74) is 2.27. The van der Waals surface area contributed by atoms with Gasteiger partial charge in [0.2, 0.25) is 0 Å². The molecule has 1 saturated heterocycles. The molecular weight excluding hydrogens is 190 g/mol. The molecule has 4 nitrogen and oxygen atoms in total. The van der Waals surface area contributed by atoms with Crippen LogP contribution in [0.2, 0.25) is 0 Å². The van der Waals surface area contributed by atoms with E-state index < -0.39 is 0 Å². The number of carbonyl (C=O) groups excluding carboxylic acids is 1. The summed E-state index contributed by atoms with van der Waals surface area (Å²) in [5, 5.41) is 0. The van der Waals surface area contributed by atoms with Gasteiger partial charge in [-0.05, 0) is 31.7 Å². The Hall–Kier alpha value is -0.610. The van der Waals surface area contributed by atoms with Crippen molar-refractivity contribution in [3.63, 3.8) is 0 Å². The van der Waals surface area contributed by atoms with Crippen molar-refractivity contribution in [1.82, 2.24) is 10.3 Å². The number of rotatable bonds is 4. The first-order valence-electron chi connectivity index (χ1n) is 5.97. The van der Waals surface area contributed by atoms with Gasteiger partial charge in [0.25, 0.3) is 5.91 Å². The van der Waals surface area contributed by atoms with E-state index in [4.69, 9.17) is 5.84 Å². The van der Waals surface area contributed by atoms with Crippen molar-refractivity contribution in [2.24, 2.45) is 11.8 Å². The third-order valence-electron chi connectivity index (χ3n) is 3.40. The van der Waals surface area contributed by atoms with E-state index in [0.29, 0.717) is 0 Å². The molecule has 0 spiro atoms. The number of nitrogens with zero attached hydrogens (tertiary/aromatic N) is 1. The Balaban J connectivity index is 2.55. The summed E-state index contributed by atoms with van der Waals surface area (Å²) in [6.45, 7) is 6.33. The fraction of sp³-hybridized carbons (Fsp3) is 0.909. The van der Waals surface area contributed by atoms with Gasteiger partial charge in [-0.2, -0.15) is 0 Å². The summed E-state index contributed by atoms with van der Waals surface area (Å²) in [6.07, 6.45) is 4.54. The summed E-state index contributed by atoms with van der Waals surface area (Å²) < 4.78 is 0. The number of carbonyl (C=O) groups is 1. The molecule has 2 atom stereocenters. The summed E-state index contributed by atoms with van der Waals surface area (Å²) >= 11 is 0. The molecule has 0 radical (unpaired) electrons. The lowest BCUT2D eigenvalue weighted by Gasteiger charge is -2.36. The Labute approximate surface area is 92.2 Å². The number of hydrogen-bond acceptors (Lipinski definition) is 3. The van der Waals surface area contributed by atoms with Crippen LogP contribution in [0.5, 0.6) is 0 Å². The maximum Gasteiger partial charge on any atom is 0.251 e. The highest BCUT2D eigenvalue weighted by Gasteiger charge is 2.27. The van der Waals surface area contributed by atoms with Crippen LogP contribution in [0.3, 0.4) is 0 Å². The Kier molecular flexibility index (Phi) is 5.05. The smallest absolute Gasteiger partial charge is 0.251 e. The van der Waals surface area contributed by atoms with Crippen LogP contribution in [0.1, 0.15) is 39.5 Å². The van der Waals surface area contributed by atoms with Gasteiger partial charge in [0.1, 0.15) is 0 Å². The number of likely N-dealkylation sites (tertiary alicyclic amines) is 1. The molecule has 1 heterocycles. The minimum Gasteiger partial charge on any atom is -0.293 e.